The van der Waals surface area contributed by atoms with Crippen LogP contribution in [0, 0.1) is 0 Å². The molecule has 0 saturated carbocycles. The Labute approximate surface area is 108 Å². The Morgan fingerprint density at radius 2 is 2.06 bits per heavy atom. The van der Waals surface area contributed by atoms with Gasteiger partial charge in [0.2, 0.25) is 0 Å². The van der Waals surface area contributed by atoms with Gasteiger partial charge in [-0.15, -0.1) is 11.6 Å². The molecule has 0 heterocycles. The fraction of sp³-hybridized carbons (Fsp3) is 0.571. The van der Waals surface area contributed by atoms with Gasteiger partial charge in [0.1, 0.15) is 0 Å². The minimum Gasteiger partial charge on any atom is -0.379 e. The maximum absolute atomic E-state index is 5.52. The topological polar surface area (TPSA) is 21.3 Å². The number of alkyl halides is 1. The molecule has 0 saturated heterocycles. The second-order valence-corrected chi connectivity index (χ2v) is 4.81. The third-order valence-electron chi connectivity index (χ3n) is 3.14. The zero-order chi connectivity index (χ0) is 11.9. The standard InChI is InChI=1S/C14H20ClNO/c15-6-8-17-9-7-16-11-12-4-5-13-2-1-3-14(13)10-12/h4-5,10,16H,1-3,6-9,11H2. The van der Waals surface area contributed by atoms with Crippen LogP contribution < -0.4 is 5.32 Å². The largest absolute Gasteiger partial charge is 0.379 e. The highest BCUT2D eigenvalue weighted by Crippen LogP contribution is 2.22. The third-order valence-corrected chi connectivity index (χ3v) is 3.29. The molecule has 1 aliphatic carbocycles. The van der Waals surface area contributed by atoms with E-state index in [9.17, 15) is 0 Å². The normalized spacial score (nSPS) is 13.9. The van der Waals surface area contributed by atoms with Crippen LogP contribution in [0.4, 0.5) is 0 Å². The van der Waals surface area contributed by atoms with E-state index in [0.29, 0.717) is 12.5 Å². The van der Waals surface area contributed by atoms with E-state index in [4.69, 9.17) is 16.3 Å². The Balaban J connectivity index is 1.69. The lowest BCUT2D eigenvalue weighted by Crippen LogP contribution is -2.19. The summed E-state index contributed by atoms with van der Waals surface area (Å²) in [4.78, 5) is 0. The Morgan fingerprint density at radius 1 is 1.18 bits per heavy atom. The number of hydrogen-bond donors (Lipinski definition) is 1. The number of hydrogen-bond acceptors (Lipinski definition) is 2. The van der Waals surface area contributed by atoms with Crippen LogP contribution in [0.15, 0.2) is 18.2 Å². The molecule has 17 heavy (non-hydrogen) atoms. The van der Waals surface area contributed by atoms with Gasteiger partial charge in [-0.05, 0) is 36.0 Å². The highest BCUT2D eigenvalue weighted by molar-refractivity contribution is 6.17. The average Bonchev–Trinajstić information content (AvgIpc) is 2.81. The van der Waals surface area contributed by atoms with Crippen molar-refractivity contribution in [3.8, 4) is 0 Å². The molecule has 0 atom stereocenters. The lowest BCUT2D eigenvalue weighted by atomic mass is 10.1. The monoisotopic (exact) mass is 253 g/mol. The number of fused-ring (bicyclic) bond motifs is 1. The molecule has 2 rings (SSSR count). The molecule has 0 fully saturated rings. The van der Waals surface area contributed by atoms with E-state index in [2.05, 4.69) is 23.5 Å². The van der Waals surface area contributed by atoms with Crippen LogP contribution in [0.2, 0.25) is 0 Å². The molecule has 1 aliphatic rings. The molecule has 0 aromatic heterocycles. The van der Waals surface area contributed by atoms with Gasteiger partial charge in [-0.25, -0.2) is 0 Å². The summed E-state index contributed by atoms with van der Waals surface area (Å²) >= 11 is 5.52. The first-order valence-electron chi connectivity index (χ1n) is 6.35. The zero-order valence-electron chi connectivity index (χ0n) is 10.2. The number of halogens is 1. The summed E-state index contributed by atoms with van der Waals surface area (Å²) < 4.78 is 5.30. The van der Waals surface area contributed by atoms with Gasteiger partial charge in [-0.3, -0.25) is 0 Å². The Morgan fingerprint density at radius 3 is 2.94 bits per heavy atom. The quantitative estimate of drug-likeness (QED) is 0.596. The molecular weight excluding hydrogens is 234 g/mol. The second-order valence-electron chi connectivity index (χ2n) is 4.43. The number of benzene rings is 1. The van der Waals surface area contributed by atoms with E-state index in [1.54, 1.807) is 11.1 Å². The molecule has 3 heteroatoms. The Hall–Kier alpha value is -0.570. The van der Waals surface area contributed by atoms with Crippen molar-refractivity contribution in [1.82, 2.24) is 5.32 Å². The van der Waals surface area contributed by atoms with Crippen molar-refractivity contribution in [2.45, 2.75) is 25.8 Å². The summed E-state index contributed by atoms with van der Waals surface area (Å²) in [6.45, 7) is 3.19. The maximum atomic E-state index is 5.52. The number of nitrogens with one attached hydrogen (secondary N) is 1. The van der Waals surface area contributed by atoms with Gasteiger partial charge in [0.25, 0.3) is 0 Å². The van der Waals surface area contributed by atoms with Crippen molar-refractivity contribution < 1.29 is 4.74 Å². The average molecular weight is 254 g/mol. The molecular formula is C14H20ClNO. The molecule has 94 valence electrons. The fourth-order valence-electron chi connectivity index (χ4n) is 2.27. The summed E-state index contributed by atoms with van der Waals surface area (Å²) in [5, 5.41) is 3.38. The molecule has 0 unspecified atom stereocenters. The van der Waals surface area contributed by atoms with Crippen molar-refractivity contribution in [2.24, 2.45) is 0 Å². The van der Waals surface area contributed by atoms with Crippen LogP contribution in [-0.2, 0) is 24.1 Å². The Bertz CT molecular complexity index is 354. The van der Waals surface area contributed by atoms with Crippen molar-refractivity contribution >= 4 is 11.6 Å². The predicted octanol–water partition coefficient (Wildman–Crippen LogP) is 2.52. The van der Waals surface area contributed by atoms with Gasteiger partial charge in [0.05, 0.1) is 13.2 Å². The van der Waals surface area contributed by atoms with E-state index >= 15 is 0 Å². The molecule has 0 spiro atoms. The first-order valence-corrected chi connectivity index (χ1v) is 6.88. The fourth-order valence-corrected chi connectivity index (χ4v) is 2.38. The summed E-state index contributed by atoms with van der Waals surface area (Å²) in [6, 6.07) is 6.86. The lowest BCUT2D eigenvalue weighted by Gasteiger charge is -2.07. The molecule has 0 amide bonds. The van der Waals surface area contributed by atoms with E-state index < -0.39 is 0 Å². The molecule has 1 aromatic carbocycles. The molecule has 0 bridgehead atoms. The molecule has 1 aromatic rings. The lowest BCUT2D eigenvalue weighted by molar-refractivity contribution is 0.151. The first kappa shape index (κ1) is 12.9. The van der Waals surface area contributed by atoms with Gasteiger partial charge in [-0.2, -0.15) is 0 Å². The summed E-state index contributed by atoms with van der Waals surface area (Å²) in [5.41, 5.74) is 4.46. The van der Waals surface area contributed by atoms with Gasteiger partial charge >= 0.3 is 0 Å². The van der Waals surface area contributed by atoms with E-state index in [1.165, 1.54) is 24.8 Å². The minimum atomic E-state index is 0.574. The summed E-state index contributed by atoms with van der Waals surface area (Å²) in [7, 11) is 0. The number of aryl methyl sites for hydroxylation is 2. The molecule has 0 aliphatic heterocycles. The smallest absolute Gasteiger partial charge is 0.0602 e. The van der Waals surface area contributed by atoms with Crippen molar-refractivity contribution in [3.05, 3.63) is 34.9 Å². The SMILES string of the molecule is ClCCOCCNCc1ccc2c(c1)CCC2. The molecule has 0 radical (unpaired) electrons. The van der Waals surface area contributed by atoms with Crippen LogP contribution >= 0.6 is 11.6 Å². The van der Waals surface area contributed by atoms with Crippen LogP contribution in [0.5, 0.6) is 0 Å². The third kappa shape index (κ3) is 3.98. The Kier molecular flexibility index (Phi) is 5.30. The van der Waals surface area contributed by atoms with Gasteiger partial charge in [-0.1, -0.05) is 18.2 Å². The van der Waals surface area contributed by atoms with Crippen LogP contribution in [0.25, 0.3) is 0 Å². The summed E-state index contributed by atoms with van der Waals surface area (Å²) in [5.74, 6) is 0.574. The maximum Gasteiger partial charge on any atom is 0.0602 e. The predicted molar refractivity (Wildman–Crippen MR) is 71.7 cm³/mol. The van der Waals surface area contributed by atoms with Crippen molar-refractivity contribution in [2.75, 3.05) is 25.6 Å². The molecule has 2 nitrogen and oxygen atoms in total. The van der Waals surface area contributed by atoms with E-state index in [-0.39, 0.29) is 0 Å². The summed E-state index contributed by atoms with van der Waals surface area (Å²) in [6.07, 6.45) is 3.83. The van der Waals surface area contributed by atoms with Crippen LogP contribution in [0.1, 0.15) is 23.1 Å². The zero-order valence-corrected chi connectivity index (χ0v) is 10.9. The second kappa shape index (κ2) is 7.00. The molecule has 1 N–H and O–H groups in total. The highest BCUT2D eigenvalue weighted by Gasteiger charge is 2.10. The van der Waals surface area contributed by atoms with E-state index in [1.807, 2.05) is 0 Å². The number of rotatable bonds is 7. The van der Waals surface area contributed by atoms with Gasteiger partial charge < -0.3 is 10.1 Å². The van der Waals surface area contributed by atoms with Crippen LogP contribution in [0.3, 0.4) is 0 Å². The number of ether oxygens (including phenoxy) is 1. The minimum absolute atomic E-state index is 0.574. The highest BCUT2D eigenvalue weighted by atomic mass is 35.5. The van der Waals surface area contributed by atoms with Crippen LogP contribution in [-0.4, -0.2) is 25.6 Å². The van der Waals surface area contributed by atoms with Crippen molar-refractivity contribution in [3.63, 3.8) is 0 Å². The van der Waals surface area contributed by atoms with Gasteiger partial charge in [0.15, 0.2) is 0 Å². The van der Waals surface area contributed by atoms with Gasteiger partial charge in [0, 0.05) is 19.0 Å². The van der Waals surface area contributed by atoms with Crippen molar-refractivity contribution in [1.29, 1.82) is 0 Å². The first-order chi connectivity index (χ1) is 8.40. The van der Waals surface area contributed by atoms with E-state index in [0.717, 1.165) is 19.7 Å².